The van der Waals surface area contributed by atoms with Crippen molar-refractivity contribution in [2.75, 3.05) is 14.2 Å². The highest BCUT2D eigenvalue weighted by atomic mass is 16.5. The molecule has 0 aromatic heterocycles. The van der Waals surface area contributed by atoms with E-state index >= 15 is 0 Å². The molecule has 0 spiro atoms. The molecule has 2 rings (SSSR count). The van der Waals surface area contributed by atoms with Crippen LogP contribution < -0.4 is 9.47 Å². The third-order valence-electron chi connectivity index (χ3n) is 3.72. The maximum Gasteiger partial charge on any atom is 0.125 e. The Morgan fingerprint density at radius 1 is 0.857 bits per heavy atom. The first-order chi connectivity index (χ1) is 9.97. The molecule has 2 aromatic rings. The van der Waals surface area contributed by atoms with Gasteiger partial charge in [-0.1, -0.05) is 12.1 Å². The van der Waals surface area contributed by atoms with Gasteiger partial charge in [0.05, 0.1) is 14.2 Å². The molecule has 1 atom stereocenters. The number of ether oxygens (including phenoxy) is 2. The van der Waals surface area contributed by atoms with Crippen LogP contribution in [0.4, 0.5) is 0 Å². The van der Waals surface area contributed by atoms with Crippen LogP contribution in [0.15, 0.2) is 30.3 Å². The number of aryl methyl sites for hydroxylation is 3. The minimum absolute atomic E-state index is 0.716. The first kappa shape index (κ1) is 15.4. The van der Waals surface area contributed by atoms with E-state index in [4.69, 9.17) is 9.47 Å². The Kier molecular flexibility index (Phi) is 4.53. The van der Waals surface area contributed by atoms with Gasteiger partial charge in [-0.05, 0) is 61.2 Å². The van der Waals surface area contributed by atoms with E-state index in [1.54, 1.807) is 14.2 Å². The third kappa shape index (κ3) is 3.03. The fourth-order valence-electron chi connectivity index (χ4n) is 2.70. The SMILES string of the molecule is COc1ccc(C(O)c2c(C)cc(C)cc2OC)cc1C. The van der Waals surface area contributed by atoms with E-state index in [9.17, 15) is 5.11 Å². The predicted octanol–water partition coefficient (Wildman–Crippen LogP) is 3.71. The first-order valence-electron chi connectivity index (χ1n) is 6.95. The Balaban J connectivity index is 2.49. The Bertz CT molecular complexity index is 647. The van der Waals surface area contributed by atoms with Gasteiger partial charge in [-0.15, -0.1) is 0 Å². The molecular weight excluding hydrogens is 264 g/mol. The summed E-state index contributed by atoms with van der Waals surface area (Å²) in [6.45, 7) is 5.97. The van der Waals surface area contributed by atoms with Gasteiger partial charge in [-0.2, -0.15) is 0 Å². The lowest BCUT2D eigenvalue weighted by Gasteiger charge is -2.19. The number of benzene rings is 2. The van der Waals surface area contributed by atoms with Crippen LogP contribution in [0, 0.1) is 20.8 Å². The normalized spacial score (nSPS) is 12.1. The van der Waals surface area contributed by atoms with Crippen LogP contribution in [0.25, 0.3) is 0 Å². The lowest BCUT2D eigenvalue weighted by Crippen LogP contribution is -2.06. The molecule has 0 radical (unpaired) electrons. The topological polar surface area (TPSA) is 38.7 Å². The lowest BCUT2D eigenvalue weighted by atomic mass is 9.94. The van der Waals surface area contributed by atoms with Gasteiger partial charge in [0.25, 0.3) is 0 Å². The summed E-state index contributed by atoms with van der Waals surface area (Å²) in [7, 11) is 3.27. The second kappa shape index (κ2) is 6.19. The smallest absolute Gasteiger partial charge is 0.125 e. The van der Waals surface area contributed by atoms with Gasteiger partial charge in [0.15, 0.2) is 0 Å². The minimum atomic E-state index is -0.717. The molecule has 0 heterocycles. The highest BCUT2D eigenvalue weighted by Crippen LogP contribution is 2.35. The Morgan fingerprint density at radius 3 is 2.10 bits per heavy atom. The molecular formula is C18H22O3. The van der Waals surface area contributed by atoms with Gasteiger partial charge < -0.3 is 14.6 Å². The average molecular weight is 286 g/mol. The Labute approximate surface area is 126 Å². The lowest BCUT2D eigenvalue weighted by molar-refractivity contribution is 0.213. The molecule has 0 fully saturated rings. The first-order valence-corrected chi connectivity index (χ1v) is 6.95. The number of methoxy groups -OCH3 is 2. The summed E-state index contributed by atoms with van der Waals surface area (Å²) in [6, 6.07) is 9.71. The van der Waals surface area contributed by atoms with Crippen LogP contribution in [0.3, 0.4) is 0 Å². The molecule has 2 aromatic carbocycles. The second-order valence-corrected chi connectivity index (χ2v) is 5.33. The van der Waals surface area contributed by atoms with E-state index in [0.717, 1.165) is 33.6 Å². The number of rotatable bonds is 4. The van der Waals surface area contributed by atoms with Crippen LogP contribution in [-0.2, 0) is 0 Å². The summed E-state index contributed by atoms with van der Waals surface area (Å²) in [5.41, 5.74) is 4.78. The second-order valence-electron chi connectivity index (χ2n) is 5.33. The van der Waals surface area contributed by atoms with Crippen molar-refractivity contribution >= 4 is 0 Å². The largest absolute Gasteiger partial charge is 0.496 e. The van der Waals surface area contributed by atoms with Gasteiger partial charge >= 0.3 is 0 Å². The molecule has 1 unspecified atom stereocenters. The van der Waals surface area contributed by atoms with E-state index in [2.05, 4.69) is 6.07 Å². The van der Waals surface area contributed by atoms with E-state index < -0.39 is 6.10 Å². The summed E-state index contributed by atoms with van der Waals surface area (Å²) < 4.78 is 10.7. The van der Waals surface area contributed by atoms with Crippen LogP contribution in [0.2, 0.25) is 0 Å². The van der Waals surface area contributed by atoms with Crippen LogP contribution in [0.5, 0.6) is 11.5 Å². The molecule has 1 N–H and O–H groups in total. The fourth-order valence-corrected chi connectivity index (χ4v) is 2.70. The van der Waals surface area contributed by atoms with Crippen molar-refractivity contribution in [3.63, 3.8) is 0 Å². The summed E-state index contributed by atoms with van der Waals surface area (Å²) in [4.78, 5) is 0. The van der Waals surface area contributed by atoms with Crippen molar-refractivity contribution in [2.45, 2.75) is 26.9 Å². The molecule has 3 heteroatoms. The summed E-state index contributed by atoms with van der Waals surface area (Å²) in [5, 5.41) is 10.7. The quantitative estimate of drug-likeness (QED) is 0.931. The zero-order valence-electron chi connectivity index (χ0n) is 13.2. The zero-order chi connectivity index (χ0) is 15.6. The van der Waals surface area contributed by atoms with Crippen molar-refractivity contribution < 1.29 is 14.6 Å². The molecule has 0 amide bonds. The van der Waals surface area contributed by atoms with Crippen molar-refractivity contribution in [3.8, 4) is 11.5 Å². The molecule has 0 saturated heterocycles. The molecule has 0 aliphatic rings. The van der Waals surface area contributed by atoms with Gasteiger partial charge in [0, 0.05) is 5.56 Å². The van der Waals surface area contributed by atoms with Crippen LogP contribution in [0.1, 0.15) is 33.9 Å². The maximum atomic E-state index is 10.7. The minimum Gasteiger partial charge on any atom is -0.496 e. The zero-order valence-corrected chi connectivity index (χ0v) is 13.2. The van der Waals surface area contributed by atoms with E-state index in [1.165, 1.54) is 0 Å². The van der Waals surface area contributed by atoms with Crippen LogP contribution >= 0.6 is 0 Å². The van der Waals surface area contributed by atoms with Gasteiger partial charge in [0.1, 0.15) is 17.6 Å². The van der Waals surface area contributed by atoms with E-state index in [1.807, 2.05) is 45.0 Å². The fraction of sp³-hybridized carbons (Fsp3) is 0.333. The van der Waals surface area contributed by atoms with Gasteiger partial charge in [-0.25, -0.2) is 0 Å². The van der Waals surface area contributed by atoms with Crippen molar-refractivity contribution in [1.29, 1.82) is 0 Å². The molecule has 21 heavy (non-hydrogen) atoms. The number of hydrogen-bond acceptors (Lipinski definition) is 3. The highest BCUT2D eigenvalue weighted by Gasteiger charge is 2.19. The van der Waals surface area contributed by atoms with Crippen LogP contribution in [-0.4, -0.2) is 19.3 Å². The molecule has 0 saturated carbocycles. The molecule has 0 bridgehead atoms. The van der Waals surface area contributed by atoms with Crippen molar-refractivity contribution in [1.82, 2.24) is 0 Å². The van der Waals surface area contributed by atoms with Gasteiger partial charge in [0.2, 0.25) is 0 Å². The number of aliphatic hydroxyl groups is 1. The summed E-state index contributed by atoms with van der Waals surface area (Å²) in [5.74, 6) is 1.53. The molecule has 0 aliphatic heterocycles. The molecule has 112 valence electrons. The average Bonchev–Trinajstić information content (AvgIpc) is 2.45. The third-order valence-corrected chi connectivity index (χ3v) is 3.72. The summed E-state index contributed by atoms with van der Waals surface area (Å²) in [6.07, 6.45) is -0.717. The monoisotopic (exact) mass is 286 g/mol. The van der Waals surface area contributed by atoms with Crippen molar-refractivity contribution in [3.05, 3.63) is 58.1 Å². The molecule has 0 aliphatic carbocycles. The number of hydrogen-bond donors (Lipinski definition) is 1. The highest BCUT2D eigenvalue weighted by molar-refractivity contribution is 5.49. The Morgan fingerprint density at radius 2 is 1.52 bits per heavy atom. The number of aliphatic hydroxyl groups excluding tert-OH is 1. The molecule has 3 nitrogen and oxygen atoms in total. The van der Waals surface area contributed by atoms with E-state index in [-0.39, 0.29) is 0 Å². The standard InChI is InChI=1S/C18H22O3/c1-11-8-13(3)17(16(9-11)21-5)18(19)14-6-7-15(20-4)12(2)10-14/h6-10,18-19H,1-5H3. The predicted molar refractivity (Wildman–Crippen MR) is 84.3 cm³/mol. The Hall–Kier alpha value is -2.00. The van der Waals surface area contributed by atoms with Crippen molar-refractivity contribution in [2.24, 2.45) is 0 Å². The maximum absolute atomic E-state index is 10.7. The van der Waals surface area contributed by atoms with E-state index in [0.29, 0.717) is 5.75 Å². The summed E-state index contributed by atoms with van der Waals surface area (Å²) >= 11 is 0. The van der Waals surface area contributed by atoms with Gasteiger partial charge in [-0.3, -0.25) is 0 Å².